The largest absolute Gasteiger partial charge is 0.461 e. The van der Waals surface area contributed by atoms with Crippen LogP contribution in [0, 0.1) is 0 Å². The molecule has 0 spiro atoms. The van der Waals surface area contributed by atoms with E-state index in [2.05, 4.69) is 27.7 Å². The topological polar surface area (TPSA) is 72.9 Å². The van der Waals surface area contributed by atoms with Gasteiger partial charge in [0.25, 0.3) is 0 Å². The molecule has 0 saturated carbocycles. The lowest BCUT2D eigenvalue weighted by atomic mass is 10.0. The molecule has 1 amide bonds. The van der Waals surface area contributed by atoms with Crippen LogP contribution in [0.1, 0.15) is 182 Å². The van der Waals surface area contributed by atoms with E-state index in [1.165, 1.54) is 81.9 Å². The van der Waals surface area contributed by atoms with E-state index >= 15 is 0 Å². The number of ether oxygens (including phenoxy) is 2. The molecule has 0 rings (SSSR count). The van der Waals surface area contributed by atoms with Gasteiger partial charge in [-0.1, -0.05) is 130 Å². The van der Waals surface area contributed by atoms with E-state index in [1.807, 2.05) is 0 Å². The van der Waals surface area contributed by atoms with Gasteiger partial charge in [0.15, 0.2) is 0 Å². The Bertz CT molecular complexity index is 535. The first-order chi connectivity index (χ1) is 20.0. The molecule has 0 heterocycles. The van der Waals surface area contributed by atoms with E-state index in [1.54, 1.807) is 0 Å². The Morgan fingerprint density at radius 3 is 1.00 bits per heavy atom. The maximum atomic E-state index is 12.8. The Labute approximate surface area is 254 Å². The molecular weight excluding hydrogens is 514 g/mol. The van der Waals surface area contributed by atoms with Gasteiger partial charge < -0.3 is 14.4 Å². The maximum absolute atomic E-state index is 12.8. The quantitative estimate of drug-likeness (QED) is 0.0463. The minimum Gasteiger partial charge on any atom is -0.461 e. The molecule has 0 unspecified atom stereocenters. The van der Waals surface area contributed by atoms with Crippen molar-refractivity contribution in [2.75, 3.05) is 13.1 Å². The molecule has 0 aromatic carbocycles. The van der Waals surface area contributed by atoms with E-state index in [4.69, 9.17) is 9.47 Å². The number of unbranched alkanes of at least 4 members (excludes halogenated alkanes) is 16. The number of rotatable bonds is 31. The summed E-state index contributed by atoms with van der Waals surface area (Å²) in [5.41, 5.74) is 0. The zero-order valence-corrected chi connectivity index (χ0v) is 27.6. The Morgan fingerprint density at radius 1 is 0.488 bits per heavy atom. The van der Waals surface area contributed by atoms with Gasteiger partial charge in [-0.05, 0) is 51.4 Å². The van der Waals surface area contributed by atoms with Crippen molar-refractivity contribution in [1.82, 2.24) is 4.90 Å². The molecule has 6 heteroatoms. The SMILES string of the molecule is CCCCCCCC(CCCCCCC)OC(=O)CN(C=O)CC(=O)OC(CCCCCCC)CCCCCCC. The van der Waals surface area contributed by atoms with Gasteiger partial charge in [0.1, 0.15) is 25.3 Å². The van der Waals surface area contributed by atoms with E-state index < -0.39 is 11.9 Å². The van der Waals surface area contributed by atoms with Crippen molar-refractivity contribution in [3.05, 3.63) is 0 Å². The molecule has 6 nitrogen and oxygen atoms in total. The van der Waals surface area contributed by atoms with Crippen LogP contribution < -0.4 is 0 Å². The molecule has 0 N–H and O–H groups in total. The second-order valence-electron chi connectivity index (χ2n) is 12.0. The van der Waals surface area contributed by atoms with Crippen LogP contribution in [-0.2, 0) is 23.9 Å². The summed E-state index contributed by atoms with van der Waals surface area (Å²) < 4.78 is 11.7. The molecule has 0 bridgehead atoms. The van der Waals surface area contributed by atoms with Gasteiger partial charge in [-0.3, -0.25) is 14.4 Å². The average molecular weight is 582 g/mol. The molecule has 0 aliphatic rings. The van der Waals surface area contributed by atoms with Gasteiger partial charge in [0, 0.05) is 0 Å². The standard InChI is InChI=1S/C35H67NO5/c1-5-9-13-17-21-25-32(26-22-18-14-10-6-2)40-34(38)29-36(31-37)30-35(39)41-33(27-23-19-15-11-7-3)28-24-20-16-12-8-4/h31-33H,5-30H2,1-4H3. The van der Waals surface area contributed by atoms with Crippen molar-refractivity contribution in [1.29, 1.82) is 0 Å². The van der Waals surface area contributed by atoms with E-state index in [0.717, 1.165) is 77.0 Å². The lowest BCUT2D eigenvalue weighted by Crippen LogP contribution is -2.37. The number of carbonyl (C=O) groups excluding carboxylic acids is 3. The van der Waals surface area contributed by atoms with Gasteiger partial charge in [-0.15, -0.1) is 0 Å². The summed E-state index contributed by atoms with van der Waals surface area (Å²) in [5, 5.41) is 0. The summed E-state index contributed by atoms with van der Waals surface area (Å²) in [6, 6.07) is 0. The lowest BCUT2D eigenvalue weighted by Gasteiger charge is -2.22. The molecule has 41 heavy (non-hydrogen) atoms. The Balaban J connectivity index is 4.79. The first-order valence-electron chi connectivity index (χ1n) is 17.6. The highest BCUT2D eigenvalue weighted by Gasteiger charge is 2.21. The van der Waals surface area contributed by atoms with Gasteiger partial charge >= 0.3 is 11.9 Å². The molecule has 0 aliphatic carbocycles. The number of nitrogens with zero attached hydrogens (tertiary/aromatic N) is 1. The van der Waals surface area contributed by atoms with E-state index in [-0.39, 0.29) is 25.3 Å². The first kappa shape index (κ1) is 39.4. The van der Waals surface area contributed by atoms with Crippen molar-refractivity contribution in [2.24, 2.45) is 0 Å². The molecule has 0 atom stereocenters. The van der Waals surface area contributed by atoms with Gasteiger partial charge in [-0.25, -0.2) is 0 Å². The number of carbonyl (C=O) groups is 3. The highest BCUT2D eigenvalue weighted by molar-refractivity contribution is 5.78. The van der Waals surface area contributed by atoms with Crippen LogP contribution in [0.3, 0.4) is 0 Å². The highest BCUT2D eigenvalue weighted by atomic mass is 16.5. The van der Waals surface area contributed by atoms with Gasteiger partial charge in [-0.2, -0.15) is 0 Å². The summed E-state index contributed by atoms with van der Waals surface area (Å²) in [5.74, 6) is -0.860. The minimum atomic E-state index is -0.430. The fraction of sp³-hybridized carbons (Fsp3) is 0.914. The van der Waals surface area contributed by atoms with Crippen LogP contribution >= 0.6 is 0 Å². The molecule has 0 aliphatic heterocycles. The third-order valence-electron chi connectivity index (χ3n) is 7.93. The van der Waals surface area contributed by atoms with Crippen LogP contribution in [0.4, 0.5) is 0 Å². The fourth-order valence-electron chi connectivity index (χ4n) is 5.34. The third kappa shape index (κ3) is 25.8. The van der Waals surface area contributed by atoms with Crippen LogP contribution in [-0.4, -0.2) is 48.5 Å². The van der Waals surface area contributed by atoms with Crippen molar-refractivity contribution < 1.29 is 23.9 Å². The zero-order chi connectivity index (χ0) is 30.4. The Morgan fingerprint density at radius 2 is 0.756 bits per heavy atom. The Kier molecular flexibility index (Phi) is 28.7. The van der Waals surface area contributed by atoms with Gasteiger partial charge in [0.05, 0.1) is 0 Å². The minimum absolute atomic E-state index is 0.115. The van der Waals surface area contributed by atoms with Crippen LogP contribution in [0.2, 0.25) is 0 Å². The number of amides is 1. The highest BCUT2D eigenvalue weighted by Crippen LogP contribution is 2.18. The van der Waals surface area contributed by atoms with Crippen LogP contribution in [0.25, 0.3) is 0 Å². The molecule has 0 fully saturated rings. The number of hydrogen-bond donors (Lipinski definition) is 0. The summed E-state index contributed by atoms with van der Waals surface area (Å²) >= 11 is 0. The molecule has 0 aromatic rings. The fourth-order valence-corrected chi connectivity index (χ4v) is 5.34. The summed E-state index contributed by atoms with van der Waals surface area (Å²) in [7, 11) is 0. The molecular formula is C35H67NO5. The maximum Gasteiger partial charge on any atom is 0.325 e. The van der Waals surface area contributed by atoms with Crippen LogP contribution in [0.15, 0.2) is 0 Å². The summed E-state index contributed by atoms with van der Waals surface area (Å²) in [6.45, 7) is 8.41. The average Bonchev–Trinajstić information content (AvgIpc) is 2.95. The predicted molar refractivity (Wildman–Crippen MR) is 171 cm³/mol. The second-order valence-corrected chi connectivity index (χ2v) is 12.0. The molecule has 0 radical (unpaired) electrons. The monoisotopic (exact) mass is 582 g/mol. The van der Waals surface area contributed by atoms with E-state index in [9.17, 15) is 14.4 Å². The normalized spacial score (nSPS) is 11.3. The molecule has 0 saturated heterocycles. The first-order valence-corrected chi connectivity index (χ1v) is 17.6. The smallest absolute Gasteiger partial charge is 0.325 e. The van der Waals surface area contributed by atoms with Crippen molar-refractivity contribution in [3.63, 3.8) is 0 Å². The van der Waals surface area contributed by atoms with Crippen molar-refractivity contribution in [3.8, 4) is 0 Å². The summed E-state index contributed by atoms with van der Waals surface area (Å²) in [4.78, 5) is 38.5. The molecule has 0 aromatic heterocycles. The Hall–Kier alpha value is -1.59. The van der Waals surface area contributed by atoms with Crippen molar-refractivity contribution in [2.45, 2.75) is 194 Å². The number of esters is 2. The summed E-state index contributed by atoms with van der Waals surface area (Å²) in [6.07, 6.45) is 27.3. The third-order valence-corrected chi connectivity index (χ3v) is 7.93. The second kappa shape index (κ2) is 29.9. The van der Waals surface area contributed by atoms with Crippen LogP contribution in [0.5, 0.6) is 0 Å². The van der Waals surface area contributed by atoms with Gasteiger partial charge in [0.2, 0.25) is 6.41 Å². The predicted octanol–water partition coefficient (Wildman–Crippen LogP) is 9.71. The lowest BCUT2D eigenvalue weighted by molar-refractivity contribution is -0.157. The number of hydrogen-bond acceptors (Lipinski definition) is 5. The van der Waals surface area contributed by atoms with E-state index in [0.29, 0.717) is 6.41 Å². The zero-order valence-electron chi connectivity index (χ0n) is 27.6. The molecule has 242 valence electrons. The van der Waals surface area contributed by atoms with Crippen molar-refractivity contribution >= 4 is 18.3 Å².